The minimum Gasteiger partial charge on any atom is -0.507 e. The number of phenols is 1. The summed E-state index contributed by atoms with van der Waals surface area (Å²) in [5.41, 5.74) is 2.33. The molecule has 0 aliphatic carbocycles. The second-order valence-corrected chi connectivity index (χ2v) is 8.23. The van der Waals surface area contributed by atoms with E-state index >= 15 is 0 Å². The number of hydrogen-bond acceptors (Lipinski definition) is 5. The van der Waals surface area contributed by atoms with Gasteiger partial charge in [-0.15, -0.1) is 0 Å². The molecule has 3 aliphatic rings. The van der Waals surface area contributed by atoms with Crippen molar-refractivity contribution in [2.24, 2.45) is 5.10 Å². The van der Waals surface area contributed by atoms with Crippen LogP contribution in [0.2, 0.25) is 5.02 Å². The van der Waals surface area contributed by atoms with Gasteiger partial charge >= 0.3 is 0 Å². The number of nitrogens with zero attached hydrogens (tertiary/aromatic N) is 3. The maximum Gasteiger partial charge on any atom is 0.200 e. The fraction of sp³-hybridized carbons (Fsp3) is 0.409. The SMILES string of the molecule is CCN1CCC2(CC1)Oc1ccc(Cl)cc1[C@@H]1CC(c3ccccc3O)=NN12. The van der Waals surface area contributed by atoms with Gasteiger partial charge in [0, 0.05) is 48.5 Å². The highest BCUT2D eigenvalue weighted by molar-refractivity contribution is 6.30. The molecule has 1 spiro atoms. The van der Waals surface area contributed by atoms with E-state index in [0.717, 1.165) is 61.5 Å². The second-order valence-electron chi connectivity index (χ2n) is 7.79. The number of rotatable bonds is 2. The lowest BCUT2D eigenvalue weighted by molar-refractivity contribution is -0.149. The fourth-order valence-corrected chi connectivity index (χ4v) is 4.86. The zero-order valence-electron chi connectivity index (χ0n) is 15.9. The third-order valence-corrected chi connectivity index (χ3v) is 6.49. The van der Waals surface area contributed by atoms with Crippen molar-refractivity contribution in [3.8, 4) is 11.5 Å². The Morgan fingerprint density at radius 3 is 2.75 bits per heavy atom. The van der Waals surface area contributed by atoms with E-state index in [4.69, 9.17) is 21.4 Å². The highest BCUT2D eigenvalue weighted by Crippen LogP contribution is 2.50. The van der Waals surface area contributed by atoms with Crippen LogP contribution >= 0.6 is 11.6 Å². The van der Waals surface area contributed by atoms with Crippen molar-refractivity contribution >= 4 is 17.3 Å². The molecule has 0 amide bonds. The van der Waals surface area contributed by atoms with Crippen LogP contribution in [-0.2, 0) is 0 Å². The average Bonchev–Trinajstić information content (AvgIpc) is 3.16. The van der Waals surface area contributed by atoms with Crippen LogP contribution in [0.3, 0.4) is 0 Å². The number of para-hydroxylation sites is 1. The van der Waals surface area contributed by atoms with E-state index in [0.29, 0.717) is 5.02 Å². The van der Waals surface area contributed by atoms with Gasteiger partial charge < -0.3 is 14.7 Å². The summed E-state index contributed by atoms with van der Waals surface area (Å²) in [6.07, 6.45) is 2.53. The lowest BCUT2D eigenvalue weighted by atomic mass is 9.90. The molecular formula is C22H24ClN3O2. The highest BCUT2D eigenvalue weighted by atomic mass is 35.5. The Hall–Kier alpha value is -2.24. The quantitative estimate of drug-likeness (QED) is 0.815. The molecule has 146 valence electrons. The van der Waals surface area contributed by atoms with Crippen molar-refractivity contribution in [1.29, 1.82) is 0 Å². The molecule has 28 heavy (non-hydrogen) atoms. The van der Waals surface area contributed by atoms with Crippen molar-refractivity contribution in [3.63, 3.8) is 0 Å². The molecule has 5 rings (SSSR count). The van der Waals surface area contributed by atoms with E-state index in [1.54, 1.807) is 6.07 Å². The summed E-state index contributed by atoms with van der Waals surface area (Å²) in [6, 6.07) is 13.4. The van der Waals surface area contributed by atoms with Crippen molar-refractivity contribution in [3.05, 3.63) is 58.6 Å². The first-order chi connectivity index (χ1) is 13.6. The van der Waals surface area contributed by atoms with Crippen molar-refractivity contribution in [2.45, 2.75) is 38.0 Å². The minimum absolute atomic E-state index is 0.0743. The molecule has 0 radical (unpaired) electrons. The van der Waals surface area contributed by atoms with Crippen molar-refractivity contribution in [2.75, 3.05) is 19.6 Å². The third-order valence-electron chi connectivity index (χ3n) is 6.26. The van der Waals surface area contributed by atoms with Crippen LogP contribution in [0.15, 0.2) is 47.6 Å². The number of likely N-dealkylation sites (tertiary alicyclic amines) is 1. The van der Waals surface area contributed by atoms with E-state index in [1.807, 2.05) is 36.4 Å². The zero-order valence-corrected chi connectivity index (χ0v) is 16.7. The van der Waals surface area contributed by atoms with Crippen molar-refractivity contribution < 1.29 is 9.84 Å². The standard InChI is InChI=1S/C22H24ClN3O2/c1-2-25-11-9-22(10-12-25)26-19(17-13-15(23)7-8-21(17)28-22)14-18(24-26)16-5-3-4-6-20(16)27/h3-8,13,19,27H,2,9-12,14H2,1H3/t19-/m0/s1. The van der Waals surface area contributed by atoms with Gasteiger partial charge in [-0.1, -0.05) is 30.7 Å². The lowest BCUT2D eigenvalue weighted by Gasteiger charge is -2.51. The van der Waals surface area contributed by atoms with Gasteiger partial charge in [-0.3, -0.25) is 0 Å². The summed E-state index contributed by atoms with van der Waals surface area (Å²) in [5, 5.41) is 18.2. The molecule has 3 heterocycles. The predicted molar refractivity (Wildman–Crippen MR) is 110 cm³/mol. The maximum absolute atomic E-state index is 10.4. The van der Waals surface area contributed by atoms with Gasteiger partial charge in [-0.25, -0.2) is 5.01 Å². The Kier molecular flexibility index (Phi) is 4.25. The number of aromatic hydroxyl groups is 1. The Morgan fingerprint density at radius 1 is 1.21 bits per heavy atom. The Labute approximate surface area is 170 Å². The predicted octanol–water partition coefficient (Wildman–Crippen LogP) is 4.40. The molecule has 1 N–H and O–H groups in total. The van der Waals surface area contributed by atoms with E-state index in [9.17, 15) is 5.11 Å². The first-order valence-electron chi connectivity index (χ1n) is 9.96. The van der Waals surface area contributed by atoms with E-state index in [1.165, 1.54) is 0 Å². The number of piperidine rings is 1. The number of ether oxygens (including phenoxy) is 1. The average molecular weight is 398 g/mol. The fourth-order valence-electron chi connectivity index (χ4n) is 4.68. The summed E-state index contributed by atoms with van der Waals surface area (Å²) in [5.74, 6) is 1.17. The number of hydrogen-bond donors (Lipinski definition) is 1. The minimum atomic E-state index is -0.441. The lowest BCUT2D eigenvalue weighted by Crippen LogP contribution is -2.59. The molecule has 2 aromatic rings. The van der Waals surface area contributed by atoms with Crippen LogP contribution in [0.5, 0.6) is 11.5 Å². The summed E-state index contributed by atoms with van der Waals surface area (Å²) in [7, 11) is 0. The summed E-state index contributed by atoms with van der Waals surface area (Å²) in [6.45, 7) is 5.23. The number of benzene rings is 2. The highest BCUT2D eigenvalue weighted by Gasteiger charge is 2.51. The Morgan fingerprint density at radius 2 is 2.00 bits per heavy atom. The molecule has 3 aliphatic heterocycles. The molecular weight excluding hydrogens is 374 g/mol. The number of phenolic OH excluding ortho intramolecular Hbond substituents is 1. The van der Waals surface area contributed by atoms with E-state index < -0.39 is 5.72 Å². The van der Waals surface area contributed by atoms with E-state index in [-0.39, 0.29) is 11.8 Å². The van der Waals surface area contributed by atoms with Gasteiger partial charge in [0.25, 0.3) is 0 Å². The molecule has 0 unspecified atom stereocenters. The molecule has 0 bridgehead atoms. The third kappa shape index (κ3) is 2.76. The van der Waals surface area contributed by atoms with Crippen LogP contribution in [-0.4, -0.2) is 46.1 Å². The molecule has 6 heteroatoms. The van der Waals surface area contributed by atoms with Crippen LogP contribution < -0.4 is 4.74 Å². The van der Waals surface area contributed by atoms with Gasteiger partial charge in [-0.05, 0) is 36.9 Å². The number of hydrazone groups is 1. The molecule has 0 aromatic heterocycles. The van der Waals surface area contributed by atoms with Gasteiger partial charge in [-0.2, -0.15) is 5.10 Å². The van der Waals surface area contributed by atoms with Gasteiger partial charge in [0.1, 0.15) is 11.5 Å². The van der Waals surface area contributed by atoms with Gasteiger partial charge in [0.15, 0.2) is 0 Å². The topological polar surface area (TPSA) is 48.3 Å². The number of halogens is 1. The Balaban J connectivity index is 1.58. The van der Waals surface area contributed by atoms with Gasteiger partial charge in [0.2, 0.25) is 5.72 Å². The summed E-state index contributed by atoms with van der Waals surface area (Å²) in [4.78, 5) is 2.45. The summed E-state index contributed by atoms with van der Waals surface area (Å²) >= 11 is 6.30. The van der Waals surface area contributed by atoms with Crippen LogP contribution in [0.1, 0.15) is 43.4 Å². The monoisotopic (exact) mass is 397 g/mol. The first kappa shape index (κ1) is 17.8. The van der Waals surface area contributed by atoms with Gasteiger partial charge in [0.05, 0.1) is 11.8 Å². The molecule has 2 aromatic carbocycles. The molecule has 1 fully saturated rings. The zero-order chi connectivity index (χ0) is 19.3. The normalized spacial score (nSPS) is 23.1. The van der Waals surface area contributed by atoms with Crippen molar-refractivity contribution in [1.82, 2.24) is 9.91 Å². The largest absolute Gasteiger partial charge is 0.507 e. The molecule has 0 saturated carbocycles. The summed E-state index contributed by atoms with van der Waals surface area (Å²) < 4.78 is 6.61. The Bertz CT molecular complexity index is 937. The smallest absolute Gasteiger partial charge is 0.200 e. The van der Waals surface area contributed by atoms with Crippen LogP contribution in [0.25, 0.3) is 0 Å². The van der Waals surface area contributed by atoms with Crippen LogP contribution in [0.4, 0.5) is 0 Å². The van der Waals surface area contributed by atoms with E-state index in [2.05, 4.69) is 16.8 Å². The van der Waals surface area contributed by atoms with Crippen LogP contribution in [0, 0.1) is 0 Å². The second kappa shape index (κ2) is 6.68. The number of fused-ring (bicyclic) bond motifs is 4. The molecule has 1 atom stereocenters. The first-order valence-corrected chi connectivity index (χ1v) is 10.3. The molecule has 1 saturated heterocycles. The molecule has 5 nitrogen and oxygen atoms in total. The maximum atomic E-state index is 10.4.